The van der Waals surface area contributed by atoms with Gasteiger partial charge in [-0.2, -0.15) is 0 Å². The quantitative estimate of drug-likeness (QED) is 0.704. The number of nitrogens with one attached hydrogen (secondary N) is 1. The molecule has 0 unspecified atom stereocenters. The van der Waals surface area contributed by atoms with Crippen molar-refractivity contribution >= 4 is 23.2 Å². The van der Waals surface area contributed by atoms with Crippen LogP contribution in [0.2, 0.25) is 5.02 Å². The van der Waals surface area contributed by atoms with Crippen LogP contribution in [0.3, 0.4) is 0 Å². The van der Waals surface area contributed by atoms with Gasteiger partial charge in [0.25, 0.3) is 0 Å². The molecular formula is C10H10ClN3. The Balaban J connectivity index is 2.08. The van der Waals surface area contributed by atoms with Gasteiger partial charge >= 0.3 is 0 Å². The smallest absolute Gasteiger partial charge is 0.198 e. The summed E-state index contributed by atoms with van der Waals surface area (Å²) in [5.41, 5.74) is 2.27. The van der Waals surface area contributed by atoms with E-state index in [-0.39, 0.29) is 0 Å². The molecule has 0 fully saturated rings. The summed E-state index contributed by atoms with van der Waals surface area (Å²) in [5, 5.41) is 4.05. The van der Waals surface area contributed by atoms with E-state index in [0.29, 0.717) is 0 Å². The highest BCUT2D eigenvalue weighted by Crippen LogP contribution is 2.31. The number of aliphatic imine (C=N–C) groups is 1. The Morgan fingerprint density at radius 2 is 2.36 bits per heavy atom. The molecule has 0 bridgehead atoms. The van der Waals surface area contributed by atoms with E-state index in [2.05, 4.69) is 21.3 Å². The zero-order valence-electron chi connectivity index (χ0n) is 7.63. The molecule has 0 radical (unpaired) electrons. The van der Waals surface area contributed by atoms with Gasteiger partial charge < -0.3 is 10.2 Å². The fourth-order valence-corrected chi connectivity index (χ4v) is 2.15. The zero-order chi connectivity index (χ0) is 9.54. The highest BCUT2D eigenvalue weighted by Gasteiger charge is 2.24. The SMILES string of the molecule is Clc1cccc2c1NC1=NCCN1C2. The van der Waals surface area contributed by atoms with Crippen molar-refractivity contribution in [1.82, 2.24) is 4.90 Å². The molecule has 1 N–H and O–H groups in total. The predicted molar refractivity (Wildman–Crippen MR) is 57.8 cm³/mol. The molecule has 1 aromatic carbocycles. The summed E-state index contributed by atoms with van der Waals surface area (Å²) in [6.45, 7) is 2.81. The van der Waals surface area contributed by atoms with Crippen LogP contribution in [0.5, 0.6) is 0 Å². The normalized spacial score (nSPS) is 18.4. The minimum Gasteiger partial charge on any atom is -0.336 e. The summed E-state index contributed by atoms with van der Waals surface area (Å²) in [4.78, 5) is 6.61. The van der Waals surface area contributed by atoms with Gasteiger partial charge in [0.2, 0.25) is 0 Å². The Labute approximate surface area is 87.4 Å². The van der Waals surface area contributed by atoms with E-state index in [1.54, 1.807) is 0 Å². The second-order valence-corrected chi connectivity index (χ2v) is 3.93. The van der Waals surface area contributed by atoms with E-state index < -0.39 is 0 Å². The number of guanidine groups is 1. The molecule has 0 saturated carbocycles. The molecule has 0 atom stereocenters. The van der Waals surface area contributed by atoms with Crippen molar-refractivity contribution in [3.63, 3.8) is 0 Å². The lowest BCUT2D eigenvalue weighted by molar-refractivity contribution is 0.445. The molecule has 0 spiro atoms. The van der Waals surface area contributed by atoms with Crippen molar-refractivity contribution in [3.8, 4) is 0 Å². The molecule has 0 aromatic heterocycles. The first kappa shape index (κ1) is 8.12. The molecular weight excluding hydrogens is 198 g/mol. The van der Waals surface area contributed by atoms with Crippen LogP contribution in [0.1, 0.15) is 5.56 Å². The molecule has 0 saturated heterocycles. The van der Waals surface area contributed by atoms with Gasteiger partial charge in [0.15, 0.2) is 5.96 Å². The van der Waals surface area contributed by atoms with E-state index in [1.165, 1.54) is 5.56 Å². The van der Waals surface area contributed by atoms with Crippen LogP contribution in [-0.4, -0.2) is 23.9 Å². The van der Waals surface area contributed by atoms with Crippen LogP contribution in [0.25, 0.3) is 0 Å². The lowest BCUT2D eigenvalue weighted by Crippen LogP contribution is -2.36. The minimum atomic E-state index is 0.775. The molecule has 0 aliphatic carbocycles. The summed E-state index contributed by atoms with van der Waals surface area (Å²) in [5.74, 6) is 0.964. The summed E-state index contributed by atoms with van der Waals surface area (Å²) < 4.78 is 0. The second-order valence-electron chi connectivity index (χ2n) is 3.53. The van der Waals surface area contributed by atoms with Gasteiger partial charge in [-0.05, 0) is 11.6 Å². The van der Waals surface area contributed by atoms with E-state index in [1.807, 2.05) is 12.1 Å². The Kier molecular flexibility index (Phi) is 1.67. The largest absolute Gasteiger partial charge is 0.336 e. The monoisotopic (exact) mass is 207 g/mol. The number of fused-ring (bicyclic) bond motifs is 2. The van der Waals surface area contributed by atoms with E-state index in [4.69, 9.17) is 11.6 Å². The highest BCUT2D eigenvalue weighted by atomic mass is 35.5. The number of para-hydroxylation sites is 1. The number of anilines is 1. The van der Waals surface area contributed by atoms with Gasteiger partial charge in [-0.3, -0.25) is 4.99 Å². The van der Waals surface area contributed by atoms with E-state index in [9.17, 15) is 0 Å². The lowest BCUT2D eigenvalue weighted by Gasteiger charge is -2.28. The Bertz CT molecular complexity index is 414. The molecule has 0 amide bonds. The third kappa shape index (κ3) is 1.09. The van der Waals surface area contributed by atoms with E-state index in [0.717, 1.165) is 36.3 Å². The molecule has 3 rings (SSSR count). The minimum absolute atomic E-state index is 0.775. The van der Waals surface area contributed by atoms with Crippen molar-refractivity contribution in [2.75, 3.05) is 18.4 Å². The average Bonchev–Trinajstić information content (AvgIpc) is 2.62. The number of rotatable bonds is 0. The molecule has 4 heteroatoms. The van der Waals surface area contributed by atoms with Crippen molar-refractivity contribution in [2.24, 2.45) is 4.99 Å². The highest BCUT2D eigenvalue weighted by molar-refractivity contribution is 6.34. The Morgan fingerprint density at radius 3 is 3.29 bits per heavy atom. The fraction of sp³-hybridized carbons (Fsp3) is 0.300. The summed E-state index contributed by atoms with van der Waals surface area (Å²) in [6, 6.07) is 5.99. The van der Waals surface area contributed by atoms with E-state index >= 15 is 0 Å². The van der Waals surface area contributed by atoms with Crippen molar-refractivity contribution < 1.29 is 0 Å². The molecule has 14 heavy (non-hydrogen) atoms. The average molecular weight is 208 g/mol. The summed E-state index contributed by atoms with van der Waals surface area (Å²) in [7, 11) is 0. The first-order chi connectivity index (χ1) is 6.84. The third-order valence-electron chi connectivity index (χ3n) is 2.63. The maximum Gasteiger partial charge on any atom is 0.198 e. The standard InChI is InChI=1S/C10H10ClN3/c11-8-3-1-2-7-6-14-5-4-12-10(14)13-9(7)8/h1-3H,4-6H2,(H,12,13). The third-order valence-corrected chi connectivity index (χ3v) is 2.94. The van der Waals surface area contributed by atoms with Crippen LogP contribution >= 0.6 is 11.6 Å². The first-order valence-corrected chi connectivity index (χ1v) is 5.06. The molecule has 3 nitrogen and oxygen atoms in total. The number of nitrogens with zero attached hydrogens (tertiary/aromatic N) is 2. The van der Waals surface area contributed by atoms with Gasteiger partial charge in [-0.1, -0.05) is 23.7 Å². The Morgan fingerprint density at radius 1 is 1.43 bits per heavy atom. The summed E-state index contributed by atoms with van der Waals surface area (Å²) >= 11 is 6.10. The maximum atomic E-state index is 6.10. The van der Waals surface area contributed by atoms with Crippen LogP contribution in [0, 0.1) is 0 Å². The number of hydrogen-bond donors (Lipinski definition) is 1. The molecule has 72 valence electrons. The molecule has 2 aliphatic rings. The lowest BCUT2D eigenvalue weighted by atomic mass is 10.1. The van der Waals surface area contributed by atoms with Gasteiger partial charge in [0, 0.05) is 13.1 Å². The van der Waals surface area contributed by atoms with Gasteiger partial charge in [0.1, 0.15) is 0 Å². The van der Waals surface area contributed by atoms with Crippen LogP contribution < -0.4 is 5.32 Å². The van der Waals surface area contributed by atoms with Crippen LogP contribution in [0.15, 0.2) is 23.2 Å². The van der Waals surface area contributed by atoms with Crippen LogP contribution in [0.4, 0.5) is 5.69 Å². The molecule has 2 aliphatic heterocycles. The first-order valence-electron chi connectivity index (χ1n) is 4.68. The van der Waals surface area contributed by atoms with Gasteiger partial charge in [0.05, 0.1) is 17.3 Å². The zero-order valence-corrected chi connectivity index (χ0v) is 8.38. The van der Waals surface area contributed by atoms with Crippen LogP contribution in [-0.2, 0) is 6.54 Å². The summed E-state index contributed by atoms with van der Waals surface area (Å²) in [6.07, 6.45) is 0. The number of hydrogen-bond acceptors (Lipinski definition) is 3. The number of benzene rings is 1. The maximum absolute atomic E-state index is 6.10. The predicted octanol–water partition coefficient (Wildman–Crippen LogP) is 1.94. The van der Waals surface area contributed by atoms with Crippen molar-refractivity contribution in [3.05, 3.63) is 28.8 Å². The topological polar surface area (TPSA) is 27.6 Å². The Hall–Kier alpha value is -1.22. The number of halogens is 1. The van der Waals surface area contributed by atoms with Gasteiger partial charge in [-0.25, -0.2) is 0 Å². The van der Waals surface area contributed by atoms with Gasteiger partial charge in [-0.15, -0.1) is 0 Å². The fourth-order valence-electron chi connectivity index (χ4n) is 1.91. The molecule has 1 aromatic rings. The second kappa shape index (κ2) is 2.89. The van der Waals surface area contributed by atoms with Crippen molar-refractivity contribution in [2.45, 2.75) is 6.54 Å². The van der Waals surface area contributed by atoms with Crippen molar-refractivity contribution in [1.29, 1.82) is 0 Å². The molecule has 2 heterocycles.